The predicted molar refractivity (Wildman–Crippen MR) is 88.0 cm³/mol. The van der Waals surface area contributed by atoms with Crippen LogP contribution in [0.3, 0.4) is 0 Å². The zero-order valence-corrected chi connectivity index (χ0v) is 13.2. The number of nitrogens with one attached hydrogen (secondary N) is 1. The highest BCUT2D eigenvalue weighted by Gasteiger charge is 2.11. The second-order valence-electron chi connectivity index (χ2n) is 5.37. The molecule has 3 aromatic rings. The van der Waals surface area contributed by atoms with Gasteiger partial charge in [0, 0.05) is 38.0 Å². The molecule has 0 aliphatic rings. The first kappa shape index (κ1) is 15.9. The minimum Gasteiger partial charge on any atom is -0.424 e. The van der Waals surface area contributed by atoms with Crippen molar-refractivity contribution < 1.29 is 13.6 Å². The van der Waals surface area contributed by atoms with Crippen LogP contribution in [0, 0.1) is 5.82 Å². The number of carbonyl (C=O) groups excluding carboxylic acids is 1. The Morgan fingerprint density at radius 3 is 3.00 bits per heavy atom. The van der Waals surface area contributed by atoms with Crippen molar-refractivity contribution in [2.45, 2.75) is 6.42 Å². The van der Waals surface area contributed by atoms with Gasteiger partial charge in [0.15, 0.2) is 5.58 Å². The number of pyridine rings is 1. The topological polar surface area (TPSA) is 71.3 Å². The number of carbonyl (C=O) groups is 1. The molecule has 0 saturated carbocycles. The number of nitrogens with zero attached hydrogens (tertiary/aromatic N) is 3. The summed E-state index contributed by atoms with van der Waals surface area (Å²) in [5, 5.41) is 2.83. The summed E-state index contributed by atoms with van der Waals surface area (Å²) in [5.41, 5.74) is 1.81. The Kier molecular flexibility index (Phi) is 4.69. The van der Waals surface area contributed by atoms with E-state index in [9.17, 15) is 9.18 Å². The van der Waals surface area contributed by atoms with Gasteiger partial charge in [-0.25, -0.2) is 4.39 Å². The number of anilines is 1. The smallest absolute Gasteiger partial charge is 0.296 e. The van der Waals surface area contributed by atoms with Crippen molar-refractivity contribution in [2.75, 3.05) is 25.5 Å². The summed E-state index contributed by atoms with van der Waals surface area (Å²) in [7, 11) is 1.73. The number of hydrogen-bond acceptors (Lipinski definition) is 5. The minimum atomic E-state index is -0.382. The first-order valence-electron chi connectivity index (χ1n) is 7.55. The Bertz CT molecular complexity index is 835. The summed E-state index contributed by atoms with van der Waals surface area (Å²) in [6.07, 6.45) is 2.42. The lowest BCUT2D eigenvalue weighted by molar-refractivity contribution is -0.128. The molecule has 124 valence electrons. The van der Waals surface area contributed by atoms with E-state index in [4.69, 9.17) is 4.42 Å². The second-order valence-corrected chi connectivity index (χ2v) is 5.37. The molecule has 0 aliphatic heterocycles. The molecule has 0 saturated heterocycles. The summed E-state index contributed by atoms with van der Waals surface area (Å²) >= 11 is 0. The summed E-state index contributed by atoms with van der Waals surface area (Å²) < 4.78 is 18.5. The summed E-state index contributed by atoms with van der Waals surface area (Å²) in [4.78, 5) is 22.1. The number of rotatable bonds is 6. The first-order chi connectivity index (χ1) is 11.6. The Balaban J connectivity index is 1.52. The van der Waals surface area contributed by atoms with Crippen LogP contribution in [0.2, 0.25) is 0 Å². The van der Waals surface area contributed by atoms with Crippen LogP contribution in [-0.4, -0.2) is 40.9 Å². The van der Waals surface area contributed by atoms with Gasteiger partial charge in [-0.1, -0.05) is 6.07 Å². The highest BCUT2D eigenvalue weighted by Crippen LogP contribution is 2.19. The van der Waals surface area contributed by atoms with Crippen molar-refractivity contribution in [3.05, 3.63) is 54.1 Å². The number of hydrogen-bond donors (Lipinski definition) is 1. The standard InChI is InChI=1S/C17H17FN4O2/c1-22(9-7-13-4-2-3-8-19-13)16(23)11-20-17-21-14-10-12(18)5-6-15(14)24-17/h2-6,8,10H,7,9,11H2,1H3,(H,20,21). The largest absolute Gasteiger partial charge is 0.424 e. The molecule has 0 fully saturated rings. The molecule has 7 heteroatoms. The fourth-order valence-electron chi connectivity index (χ4n) is 2.22. The van der Waals surface area contributed by atoms with Crippen LogP contribution < -0.4 is 5.32 Å². The van der Waals surface area contributed by atoms with E-state index < -0.39 is 0 Å². The molecule has 0 bridgehead atoms. The highest BCUT2D eigenvalue weighted by molar-refractivity contribution is 5.81. The summed E-state index contributed by atoms with van der Waals surface area (Å²) in [5.74, 6) is -0.480. The lowest BCUT2D eigenvalue weighted by Gasteiger charge is -2.16. The normalized spacial score (nSPS) is 10.8. The molecule has 2 heterocycles. The molecule has 0 aliphatic carbocycles. The molecule has 1 aromatic carbocycles. The van der Waals surface area contributed by atoms with Crippen LogP contribution in [0.5, 0.6) is 0 Å². The molecule has 1 N–H and O–H groups in total. The van der Waals surface area contributed by atoms with Crippen molar-refractivity contribution in [3.63, 3.8) is 0 Å². The zero-order chi connectivity index (χ0) is 16.9. The highest BCUT2D eigenvalue weighted by atomic mass is 19.1. The van der Waals surface area contributed by atoms with Crippen LogP contribution in [0.1, 0.15) is 5.69 Å². The maximum Gasteiger partial charge on any atom is 0.296 e. The quantitative estimate of drug-likeness (QED) is 0.753. The van der Waals surface area contributed by atoms with Gasteiger partial charge in [-0.15, -0.1) is 0 Å². The maximum absolute atomic E-state index is 13.1. The molecule has 1 amide bonds. The number of aromatic nitrogens is 2. The van der Waals surface area contributed by atoms with Gasteiger partial charge in [0.1, 0.15) is 11.3 Å². The van der Waals surface area contributed by atoms with E-state index in [0.717, 1.165) is 5.69 Å². The van der Waals surface area contributed by atoms with Gasteiger partial charge in [-0.05, 0) is 24.3 Å². The first-order valence-corrected chi connectivity index (χ1v) is 7.55. The van der Waals surface area contributed by atoms with Crippen LogP contribution in [-0.2, 0) is 11.2 Å². The molecular weight excluding hydrogens is 311 g/mol. The van der Waals surface area contributed by atoms with E-state index >= 15 is 0 Å². The maximum atomic E-state index is 13.1. The van der Waals surface area contributed by atoms with Gasteiger partial charge >= 0.3 is 0 Å². The molecule has 6 nitrogen and oxygen atoms in total. The van der Waals surface area contributed by atoms with E-state index in [2.05, 4.69) is 15.3 Å². The third kappa shape index (κ3) is 3.87. The van der Waals surface area contributed by atoms with E-state index in [0.29, 0.717) is 24.1 Å². The number of benzene rings is 1. The van der Waals surface area contributed by atoms with Crippen LogP contribution in [0.15, 0.2) is 47.0 Å². The van der Waals surface area contributed by atoms with Crippen molar-refractivity contribution >= 4 is 23.0 Å². The van der Waals surface area contributed by atoms with E-state index in [1.807, 2.05) is 18.2 Å². The summed E-state index contributed by atoms with van der Waals surface area (Å²) in [6, 6.07) is 9.98. The lowest BCUT2D eigenvalue weighted by atomic mass is 10.2. The Labute approximate surface area is 138 Å². The van der Waals surface area contributed by atoms with Crippen molar-refractivity contribution in [1.29, 1.82) is 0 Å². The van der Waals surface area contributed by atoms with Gasteiger partial charge in [-0.3, -0.25) is 9.78 Å². The average Bonchev–Trinajstić information content (AvgIpc) is 3.00. The van der Waals surface area contributed by atoms with Gasteiger partial charge in [0.2, 0.25) is 5.91 Å². The van der Waals surface area contributed by atoms with Crippen molar-refractivity contribution in [3.8, 4) is 0 Å². The SMILES string of the molecule is CN(CCc1ccccn1)C(=O)CNc1nc2cc(F)ccc2o1. The van der Waals surface area contributed by atoms with Gasteiger partial charge in [0.25, 0.3) is 6.01 Å². The van der Waals surface area contributed by atoms with Crippen molar-refractivity contribution in [2.24, 2.45) is 0 Å². The number of oxazole rings is 1. The fourth-order valence-corrected chi connectivity index (χ4v) is 2.22. The third-order valence-corrected chi connectivity index (χ3v) is 3.60. The lowest BCUT2D eigenvalue weighted by Crippen LogP contribution is -2.33. The Morgan fingerprint density at radius 1 is 1.33 bits per heavy atom. The Hall–Kier alpha value is -2.96. The molecule has 0 spiro atoms. The number of fused-ring (bicyclic) bond motifs is 1. The van der Waals surface area contributed by atoms with Gasteiger partial charge in [0.05, 0.1) is 6.54 Å². The van der Waals surface area contributed by atoms with Gasteiger partial charge in [-0.2, -0.15) is 4.98 Å². The molecular formula is C17H17FN4O2. The Morgan fingerprint density at radius 2 is 2.21 bits per heavy atom. The molecule has 2 aromatic heterocycles. The molecule has 0 unspecified atom stereocenters. The predicted octanol–water partition coefficient (Wildman–Crippen LogP) is 2.47. The van der Waals surface area contributed by atoms with E-state index in [1.54, 1.807) is 18.1 Å². The molecule has 3 rings (SSSR count). The van der Waals surface area contributed by atoms with Gasteiger partial charge < -0.3 is 14.6 Å². The van der Waals surface area contributed by atoms with Crippen LogP contribution >= 0.6 is 0 Å². The van der Waals surface area contributed by atoms with E-state index in [1.165, 1.54) is 18.2 Å². The number of halogens is 1. The fraction of sp³-hybridized carbons (Fsp3) is 0.235. The van der Waals surface area contributed by atoms with E-state index in [-0.39, 0.29) is 24.3 Å². The van der Waals surface area contributed by atoms with Crippen molar-refractivity contribution in [1.82, 2.24) is 14.9 Å². The molecule has 0 radical (unpaired) electrons. The second kappa shape index (κ2) is 7.08. The zero-order valence-electron chi connectivity index (χ0n) is 13.2. The minimum absolute atomic E-state index is 0.0496. The van der Waals surface area contributed by atoms with Crippen LogP contribution in [0.25, 0.3) is 11.1 Å². The number of likely N-dealkylation sites (N-methyl/N-ethyl adjacent to an activating group) is 1. The summed E-state index contributed by atoms with van der Waals surface area (Å²) in [6.45, 7) is 0.615. The molecule has 0 atom stereocenters. The monoisotopic (exact) mass is 328 g/mol. The molecule has 24 heavy (non-hydrogen) atoms. The number of amides is 1. The average molecular weight is 328 g/mol. The van der Waals surface area contributed by atoms with Crippen LogP contribution in [0.4, 0.5) is 10.4 Å². The third-order valence-electron chi connectivity index (χ3n) is 3.60.